The maximum atomic E-state index is 12.2. The van der Waals surface area contributed by atoms with Crippen LogP contribution in [0.2, 0.25) is 0 Å². The van der Waals surface area contributed by atoms with E-state index in [-0.39, 0.29) is 17.1 Å². The van der Waals surface area contributed by atoms with Gasteiger partial charge in [0.05, 0.1) is 7.11 Å². The molecule has 1 N–H and O–H groups in total. The molecule has 3 aromatic rings. The lowest BCUT2D eigenvalue weighted by Gasteiger charge is -2.13. The first-order valence-corrected chi connectivity index (χ1v) is 6.50. The Morgan fingerprint density at radius 2 is 2.05 bits per heavy atom. The van der Waals surface area contributed by atoms with Crippen molar-refractivity contribution in [3.8, 4) is 17.1 Å². The third-order valence-electron chi connectivity index (χ3n) is 3.68. The fourth-order valence-electron chi connectivity index (χ4n) is 2.57. The number of nitrogens with one attached hydrogen (secondary N) is 1. The highest BCUT2D eigenvalue weighted by atomic mass is 16.5. The number of rotatable bonds is 2. The summed E-state index contributed by atoms with van der Waals surface area (Å²) >= 11 is 0. The number of ether oxygens (including phenoxy) is 1. The summed E-state index contributed by atoms with van der Waals surface area (Å²) in [6.45, 7) is 1.48. The van der Waals surface area contributed by atoms with Gasteiger partial charge < -0.3 is 14.9 Å². The Morgan fingerprint density at radius 3 is 2.76 bits per heavy atom. The molecular weight excluding hydrogens is 270 g/mol. The van der Waals surface area contributed by atoms with Gasteiger partial charge in [-0.25, -0.2) is 0 Å². The molecule has 0 radical (unpaired) electrons. The van der Waals surface area contributed by atoms with Crippen molar-refractivity contribution in [3.05, 3.63) is 51.7 Å². The van der Waals surface area contributed by atoms with Gasteiger partial charge in [-0.05, 0) is 6.07 Å². The molecule has 2 heterocycles. The molecule has 21 heavy (non-hydrogen) atoms. The van der Waals surface area contributed by atoms with E-state index < -0.39 is 0 Å². The Balaban J connectivity index is 2.45. The lowest BCUT2D eigenvalue weighted by molar-refractivity contribution is -0.620. The van der Waals surface area contributed by atoms with Crippen LogP contribution in [-0.4, -0.2) is 16.7 Å². The van der Waals surface area contributed by atoms with Gasteiger partial charge in [0.2, 0.25) is 0 Å². The predicted molar refractivity (Wildman–Crippen MR) is 79.2 cm³/mol. The topological polar surface area (TPSA) is 74.0 Å². The van der Waals surface area contributed by atoms with Crippen LogP contribution in [0.1, 0.15) is 5.69 Å². The van der Waals surface area contributed by atoms with Gasteiger partial charge in [-0.1, -0.05) is 18.2 Å². The second kappa shape index (κ2) is 4.66. The van der Waals surface area contributed by atoms with Crippen LogP contribution in [0.15, 0.2) is 35.3 Å². The van der Waals surface area contributed by atoms with Crippen LogP contribution in [-0.2, 0) is 7.05 Å². The van der Waals surface area contributed by atoms with E-state index in [1.54, 1.807) is 13.2 Å². The van der Waals surface area contributed by atoms with Gasteiger partial charge >= 0.3 is 11.4 Å². The number of para-hydroxylation sites is 1. The van der Waals surface area contributed by atoms with E-state index in [2.05, 4.69) is 4.98 Å². The van der Waals surface area contributed by atoms with Gasteiger partial charge in [-0.3, -0.25) is 9.36 Å². The normalized spacial score (nSPS) is 11.0. The molecule has 6 nitrogen and oxygen atoms in total. The van der Waals surface area contributed by atoms with Crippen LogP contribution in [0.4, 0.5) is 0 Å². The molecule has 0 spiro atoms. The van der Waals surface area contributed by atoms with E-state index in [1.165, 1.54) is 18.6 Å². The standard InChI is InChI=1S/C15H15N3O3/c1-9-14(19)17(2)13(15(21-3)18(9)20)11-8-16-12-7-5-4-6-10(11)12/h4-8,16H,1-3H3. The lowest BCUT2D eigenvalue weighted by Crippen LogP contribution is -2.42. The highest BCUT2D eigenvalue weighted by Crippen LogP contribution is 2.32. The van der Waals surface area contributed by atoms with Crippen LogP contribution in [0.3, 0.4) is 0 Å². The average molecular weight is 285 g/mol. The summed E-state index contributed by atoms with van der Waals surface area (Å²) in [6.07, 6.45) is 1.78. The summed E-state index contributed by atoms with van der Waals surface area (Å²) in [6, 6.07) is 7.69. The Morgan fingerprint density at radius 1 is 1.33 bits per heavy atom. The lowest BCUT2D eigenvalue weighted by atomic mass is 10.1. The van der Waals surface area contributed by atoms with Gasteiger partial charge in [-0.2, -0.15) is 0 Å². The van der Waals surface area contributed by atoms with Crippen molar-refractivity contribution in [2.45, 2.75) is 6.92 Å². The fraction of sp³-hybridized carbons (Fsp3) is 0.200. The Kier molecular flexibility index (Phi) is 2.94. The van der Waals surface area contributed by atoms with Gasteiger partial charge in [0.15, 0.2) is 5.69 Å². The van der Waals surface area contributed by atoms with Gasteiger partial charge in [0.1, 0.15) is 0 Å². The monoisotopic (exact) mass is 285 g/mol. The number of benzene rings is 1. The molecule has 108 valence electrons. The maximum absolute atomic E-state index is 12.2. The summed E-state index contributed by atoms with van der Waals surface area (Å²) in [5.41, 5.74) is 1.89. The Bertz CT molecular complexity index is 893. The van der Waals surface area contributed by atoms with Crippen LogP contribution in [0, 0.1) is 12.1 Å². The van der Waals surface area contributed by atoms with Crippen molar-refractivity contribution in [1.29, 1.82) is 0 Å². The van der Waals surface area contributed by atoms with E-state index in [4.69, 9.17) is 4.74 Å². The van der Waals surface area contributed by atoms with E-state index >= 15 is 0 Å². The highest BCUT2D eigenvalue weighted by Gasteiger charge is 2.25. The van der Waals surface area contributed by atoms with Crippen molar-refractivity contribution in [1.82, 2.24) is 9.55 Å². The molecule has 6 heteroatoms. The molecule has 0 atom stereocenters. The average Bonchev–Trinajstić information content (AvgIpc) is 2.92. The first-order valence-electron chi connectivity index (χ1n) is 6.50. The first-order chi connectivity index (χ1) is 10.1. The number of fused-ring (bicyclic) bond motifs is 1. The Hall–Kier alpha value is -2.76. The number of H-pyrrole nitrogens is 1. The minimum absolute atomic E-state index is 0.0814. The van der Waals surface area contributed by atoms with Crippen LogP contribution in [0.5, 0.6) is 5.88 Å². The third-order valence-corrected chi connectivity index (χ3v) is 3.68. The molecule has 0 aliphatic rings. The zero-order chi connectivity index (χ0) is 15.1. The van der Waals surface area contributed by atoms with Crippen molar-refractivity contribution in [2.24, 2.45) is 7.05 Å². The quantitative estimate of drug-likeness (QED) is 0.572. The molecule has 0 aliphatic carbocycles. The summed E-state index contributed by atoms with van der Waals surface area (Å²) < 4.78 is 7.23. The summed E-state index contributed by atoms with van der Waals surface area (Å²) in [5, 5.41) is 13.1. The number of methoxy groups -OCH3 is 1. The highest BCUT2D eigenvalue weighted by molar-refractivity contribution is 5.95. The SMILES string of the molecule is COc1c(-c2c[nH]c3ccccc23)n(C)c(=O)c(C)[n+]1[O-]. The molecule has 0 saturated carbocycles. The van der Waals surface area contributed by atoms with Crippen molar-refractivity contribution in [3.63, 3.8) is 0 Å². The second-order valence-electron chi connectivity index (χ2n) is 4.85. The van der Waals surface area contributed by atoms with Crippen LogP contribution < -0.4 is 15.0 Å². The predicted octanol–water partition coefficient (Wildman–Crippen LogP) is 1.48. The molecule has 0 unspecified atom stereocenters. The van der Waals surface area contributed by atoms with Gasteiger partial charge in [0, 0.05) is 36.6 Å². The maximum Gasteiger partial charge on any atom is 0.404 e. The minimum atomic E-state index is -0.342. The fourth-order valence-corrected chi connectivity index (χ4v) is 2.57. The number of aromatic nitrogens is 3. The molecule has 2 aromatic heterocycles. The van der Waals surface area contributed by atoms with Gasteiger partial charge in [-0.15, -0.1) is 4.73 Å². The van der Waals surface area contributed by atoms with Crippen molar-refractivity contribution < 1.29 is 9.47 Å². The molecule has 0 aliphatic heterocycles. The molecule has 0 amide bonds. The first kappa shape index (κ1) is 13.2. The van der Waals surface area contributed by atoms with E-state index in [1.807, 2.05) is 24.3 Å². The molecule has 0 fully saturated rings. The molecular formula is C15H15N3O3. The number of hydrogen-bond donors (Lipinski definition) is 1. The van der Waals surface area contributed by atoms with Crippen molar-refractivity contribution >= 4 is 10.9 Å². The van der Waals surface area contributed by atoms with E-state index in [0.717, 1.165) is 16.5 Å². The smallest absolute Gasteiger partial charge is 0.404 e. The second-order valence-corrected chi connectivity index (χ2v) is 4.85. The van der Waals surface area contributed by atoms with Crippen molar-refractivity contribution in [2.75, 3.05) is 7.11 Å². The molecule has 0 bridgehead atoms. The van der Waals surface area contributed by atoms with E-state index in [9.17, 15) is 10.0 Å². The van der Waals surface area contributed by atoms with E-state index in [0.29, 0.717) is 10.4 Å². The van der Waals surface area contributed by atoms with Gasteiger partial charge in [0.25, 0.3) is 5.69 Å². The largest absolute Gasteiger partial charge is 0.616 e. The summed E-state index contributed by atoms with van der Waals surface area (Å²) in [4.78, 5) is 15.3. The number of nitrogens with zero attached hydrogens (tertiary/aromatic N) is 2. The third kappa shape index (κ3) is 1.79. The summed E-state index contributed by atoms with van der Waals surface area (Å²) in [7, 11) is 3.06. The number of aromatic amines is 1. The molecule has 1 aromatic carbocycles. The van der Waals surface area contributed by atoms with Crippen LogP contribution >= 0.6 is 0 Å². The Labute approximate surface area is 120 Å². The molecule has 0 saturated heterocycles. The summed E-state index contributed by atoms with van der Waals surface area (Å²) in [5.74, 6) is 0.111. The number of hydrogen-bond acceptors (Lipinski definition) is 3. The zero-order valence-corrected chi connectivity index (χ0v) is 12.0. The van der Waals surface area contributed by atoms with Crippen LogP contribution in [0.25, 0.3) is 22.2 Å². The minimum Gasteiger partial charge on any atom is -0.616 e. The molecule has 3 rings (SSSR count). The zero-order valence-electron chi connectivity index (χ0n) is 12.0.